The van der Waals surface area contributed by atoms with Crippen molar-refractivity contribution in [1.82, 2.24) is 9.97 Å². The first-order chi connectivity index (χ1) is 14.7. The van der Waals surface area contributed by atoms with Crippen LogP contribution >= 0.6 is 11.3 Å². The summed E-state index contributed by atoms with van der Waals surface area (Å²) in [6, 6.07) is 21.8. The molecule has 0 saturated carbocycles. The zero-order valence-corrected chi connectivity index (χ0v) is 16.5. The van der Waals surface area contributed by atoms with Crippen LogP contribution in [0.3, 0.4) is 0 Å². The summed E-state index contributed by atoms with van der Waals surface area (Å²) < 4.78 is 6.33. The van der Waals surface area contributed by atoms with E-state index in [1.165, 1.54) is 16.2 Å². The molecule has 0 unspecified atom stereocenters. The first-order valence-corrected chi connectivity index (χ1v) is 10.1. The first-order valence-electron chi connectivity index (χ1n) is 9.29. The van der Waals surface area contributed by atoms with Gasteiger partial charge in [-0.25, -0.2) is 9.78 Å². The molecule has 0 aliphatic heterocycles. The number of fused-ring (bicyclic) bond motifs is 2. The Hall–Kier alpha value is -3.84. The summed E-state index contributed by atoms with van der Waals surface area (Å²) >= 11 is 1.39. The molecule has 2 aromatic carbocycles. The van der Waals surface area contributed by atoms with Crippen molar-refractivity contribution in [2.45, 2.75) is 6.54 Å². The Labute approximate surface area is 175 Å². The molecule has 1 amide bonds. The van der Waals surface area contributed by atoms with Crippen LogP contribution in [-0.2, 0) is 6.54 Å². The van der Waals surface area contributed by atoms with Crippen molar-refractivity contribution in [3.63, 3.8) is 0 Å². The SMILES string of the molecule is O=C(c1cc2ccccc2oc1=O)N(Cc1ccccn1)c1nc2ccccc2s1. The molecule has 0 aliphatic carbocycles. The number of hydrogen-bond donors (Lipinski definition) is 0. The number of para-hydroxylation sites is 2. The molecule has 0 atom stereocenters. The molecule has 3 heterocycles. The normalized spacial score (nSPS) is 11.1. The second kappa shape index (κ2) is 7.53. The molecule has 0 spiro atoms. The lowest BCUT2D eigenvalue weighted by Crippen LogP contribution is -2.33. The number of rotatable bonds is 4. The van der Waals surface area contributed by atoms with E-state index in [4.69, 9.17) is 4.42 Å². The highest BCUT2D eigenvalue weighted by Gasteiger charge is 2.25. The highest BCUT2D eigenvalue weighted by atomic mass is 32.1. The van der Waals surface area contributed by atoms with Gasteiger partial charge >= 0.3 is 5.63 Å². The number of anilines is 1. The molecule has 3 aromatic heterocycles. The minimum Gasteiger partial charge on any atom is -0.422 e. The van der Waals surface area contributed by atoms with Crippen LogP contribution in [0, 0.1) is 0 Å². The zero-order valence-electron chi connectivity index (χ0n) is 15.7. The van der Waals surface area contributed by atoms with Gasteiger partial charge in [-0.05, 0) is 36.4 Å². The van der Waals surface area contributed by atoms with Crippen LogP contribution in [0.25, 0.3) is 21.2 Å². The third-order valence-electron chi connectivity index (χ3n) is 4.68. The van der Waals surface area contributed by atoms with E-state index < -0.39 is 11.5 Å². The average molecular weight is 413 g/mol. The molecule has 0 bridgehead atoms. The number of thiazole rings is 1. The number of aromatic nitrogens is 2. The first kappa shape index (κ1) is 18.2. The van der Waals surface area contributed by atoms with Crippen LogP contribution < -0.4 is 10.5 Å². The summed E-state index contributed by atoms with van der Waals surface area (Å²) in [5.74, 6) is -0.473. The lowest BCUT2D eigenvalue weighted by atomic mass is 10.1. The Morgan fingerprint density at radius 1 is 1.00 bits per heavy atom. The quantitative estimate of drug-likeness (QED) is 0.401. The summed E-state index contributed by atoms with van der Waals surface area (Å²) in [6.07, 6.45) is 1.67. The third-order valence-corrected chi connectivity index (χ3v) is 5.74. The predicted octanol–water partition coefficient (Wildman–Crippen LogP) is 4.64. The number of carbonyl (C=O) groups excluding carboxylic acids is 1. The predicted molar refractivity (Wildman–Crippen MR) is 117 cm³/mol. The maximum absolute atomic E-state index is 13.5. The Morgan fingerprint density at radius 3 is 2.63 bits per heavy atom. The number of nitrogens with zero attached hydrogens (tertiary/aromatic N) is 3. The Morgan fingerprint density at radius 2 is 1.80 bits per heavy atom. The Kier molecular flexibility index (Phi) is 4.57. The summed E-state index contributed by atoms with van der Waals surface area (Å²) in [5, 5.41) is 1.18. The van der Waals surface area contributed by atoms with Crippen LogP contribution in [0.4, 0.5) is 5.13 Å². The van der Waals surface area contributed by atoms with Crippen molar-refractivity contribution in [3.8, 4) is 0 Å². The van der Waals surface area contributed by atoms with Gasteiger partial charge in [-0.3, -0.25) is 14.7 Å². The minimum absolute atomic E-state index is 0.0381. The van der Waals surface area contributed by atoms with Crippen LogP contribution in [0.1, 0.15) is 16.1 Å². The van der Waals surface area contributed by atoms with E-state index in [1.807, 2.05) is 48.5 Å². The fourth-order valence-electron chi connectivity index (χ4n) is 3.21. The van der Waals surface area contributed by atoms with Crippen molar-refractivity contribution < 1.29 is 9.21 Å². The molecule has 0 radical (unpaired) electrons. The standard InChI is InChI=1S/C23H15N3O3S/c27-21(17-13-15-7-1-3-10-19(15)29-22(17)28)26(14-16-8-5-6-12-24-16)23-25-18-9-2-4-11-20(18)30-23/h1-13H,14H2. The van der Waals surface area contributed by atoms with Gasteiger partial charge in [-0.15, -0.1) is 0 Å². The monoisotopic (exact) mass is 413 g/mol. The van der Waals surface area contributed by atoms with Crippen LogP contribution in [0.2, 0.25) is 0 Å². The second-order valence-electron chi connectivity index (χ2n) is 6.66. The molecular weight excluding hydrogens is 398 g/mol. The number of hydrogen-bond acceptors (Lipinski definition) is 6. The lowest BCUT2D eigenvalue weighted by molar-refractivity contribution is 0.0981. The van der Waals surface area contributed by atoms with E-state index in [-0.39, 0.29) is 12.1 Å². The van der Waals surface area contributed by atoms with Crippen molar-refractivity contribution in [2.75, 3.05) is 4.90 Å². The van der Waals surface area contributed by atoms with Gasteiger partial charge in [0.15, 0.2) is 5.13 Å². The molecule has 6 nitrogen and oxygen atoms in total. The molecular formula is C23H15N3O3S. The third kappa shape index (κ3) is 3.35. The van der Waals surface area contributed by atoms with E-state index in [0.29, 0.717) is 21.8 Å². The van der Waals surface area contributed by atoms with E-state index in [1.54, 1.807) is 30.5 Å². The van der Waals surface area contributed by atoms with Gasteiger partial charge in [0.2, 0.25) is 0 Å². The number of benzene rings is 2. The highest BCUT2D eigenvalue weighted by molar-refractivity contribution is 7.22. The largest absolute Gasteiger partial charge is 0.422 e. The average Bonchev–Trinajstić information content (AvgIpc) is 3.21. The minimum atomic E-state index is -0.675. The molecule has 5 aromatic rings. The van der Waals surface area contributed by atoms with E-state index in [2.05, 4.69) is 9.97 Å². The van der Waals surface area contributed by atoms with E-state index >= 15 is 0 Å². The topological polar surface area (TPSA) is 76.3 Å². The van der Waals surface area contributed by atoms with Gasteiger partial charge in [-0.2, -0.15) is 0 Å². The van der Waals surface area contributed by atoms with Crippen molar-refractivity contribution >= 4 is 43.6 Å². The number of pyridine rings is 1. The summed E-state index contributed by atoms with van der Waals surface area (Å²) in [6.45, 7) is 0.186. The summed E-state index contributed by atoms with van der Waals surface area (Å²) in [5.41, 5.74) is 1.21. The second-order valence-corrected chi connectivity index (χ2v) is 7.67. The van der Waals surface area contributed by atoms with Gasteiger partial charge < -0.3 is 4.42 Å². The van der Waals surface area contributed by atoms with Crippen LogP contribution in [-0.4, -0.2) is 15.9 Å². The maximum Gasteiger partial charge on any atom is 0.349 e. The van der Waals surface area contributed by atoms with Gasteiger partial charge in [0.25, 0.3) is 5.91 Å². The smallest absolute Gasteiger partial charge is 0.349 e. The van der Waals surface area contributed by atoms with Gasteiger partial charge in [0, 0.05) is 11.6 Å². The Bertz CT molecular complexity index is 1390. The van der Waals surface area contributed by atoms with Crippen molar-refractivity contribution in [2.24, 2.45) is 0 Å². The molecule has 146 valence electrons. The summed E-state index contributed by atoms with van der Waals surface area (Å²) in [7, 11) is 0. The molecule has 0 saturated heterocycles. The molecule has 5 rings (SSSR count). The van der Waals surface area contributed by atoms with Gasteiger partial charge in [0.05, 0.1) is 22.5 Å². The summed E-state index contributed by atoms with van der Waals surface area (Å²) in [4.78, 5) is 36.5. The molecule has 0 fully saturated rings. The van der Waals surface area contributed by atoms with E-state index in [9.17, 15) is 9.59 Å². The highest BCUT2D eigenvalue weighted by Crippen LogP contribution is 2.30. The van der Waals surface area contributed by atoms with Crippen LogP contribution in [0.5, 0.6) is 0 Å². The lowest BCUT2D eigenvalue weighted by Gasteiger charge is -2.19. The van der Waals surface area contributed by atoms with Gasteiger partial charge in [-0.1, -0.05) is 47.7 Å². The molecule has 0 aliphatic rings. The van der Waals surface area contributed by atoms with Crippen molar-refractivity contribution in [1.29, 1.82) is 0 Å². The van der Waals surface area contributed by atoms with Crippen LogP contribution in [0.15, 0.2) is 88.2 Å². The Balaban J connectivity index is 1.63. The fraction of sp³-hybridized carbons (Fsp3) is 0.0435. The zero-order chi connectivity index (χ0) is 20.5. The number of amides is 1. The van der Waals surface area contributed by atoms with Gasteiger partial charge in [0.1, 0.15) is 11.1 Å². The van der Waals surface area contributed by atoms with Crippen molar-refractivity contribution in [3.05, 3.63) is 101 Å². The molecule has 30 heavy (non-hydrogen) atoms. The van der Waals surface area contributed by atoms with E-state index in [0.717, 1.165) is 10.2 Å². The fourth-order valence-corrected chi connectivity index (χ4v) is 4.18. The number of carbonyl (C=O) groups is 1. The molecule has 7 heteroatoms. The molecule has 0 N–H and O–H groups in total. The maximum atomic E-state index is 13.5.